The van der Waals surface area contributed by atoms with Crippen molar-refractivity contribution in [3.63, 3.8) is 0 Å². The molecule has 1 fully saturated rings. The number of benzene rings is 1. The minimum absolute atomic E-state index is 0.00640. The van der Waals surface area contributed by atoms with E-state index in [9.17, 15) is 13.6 Å². The van der Waals surface area contributed by atoms with E-state index in [2.05, 4.69) is 35.1 Å². The van der Waals surface area contributed by atoms with E-state index in [-0.39, 0.29) is 23.7 Å². The fourth-order valence-corrected chi connectivity index (χ4v) is 3.96. The molecule has 0 bridgehead atoms. The van der Waals surface area contributed by atoms with Crippen molar-refractivity contribution < 1.29 is 13.6 Å². The summed E-state index contributed by atoms with van der Waals surface area (Å²) < 4.78 is 27.4. The summed E-state index contributed by atoms with van der Waals surface area (Å²) in [6.45, 7) is 7.00. The molecule has 3 rings (SSSR count). The van der Waals surface area contributed by atoms with E-state index in [1.165, 1.54) is 5.57 Å². The van der Waals surface area contributed by atoms with Crippen molar-refractivity contribution in [2.75, 3.05) is 19.6 Å². The van der Waals surface area contributed by atoms with E-state index in [1.807, 2.05) is 6.07 Å². The molecule has 1 N–H and O–H groups in total. The van der Waals surface area contributed by atoms with E-state index in [0.29, 0.717) is 22.8 Å². The van der Waals surface area contributed by atoms with Crippen LogP contribution in [-0.4, -0.2) is 51.8 Å². The Bertz CT molecular complexity index is 840. The van der Waals surface area contributed by atoms with E-state index >= 15 is 0 Å². The average molecular weight is 409 g/mol. The lowest BCUT2D eigenvalue weighted by Gasteiger charge is -2.31. The normalized spacial score (nSPS) is 15.9. The zero-order chi connectivity index (χ0) is 20.1. The maximum Gasteiger partial charge on any atom is 0.291 e. The van der Waals surface area contributed by atoms with Gasteiger partial charge in [-0.2, -0.15) is 8.78 Å². The van der Waals surface area contributed by atoms with Crippen LogP contribution in [0.1, 0.15) is 26.7 Å². The van der Waals surface area contributed by atoms with Crippen molar-refractivity contribution in [2.24, 2.45) is 0 Å². The molecule has 1 aliphatic heterocycles. The van der Waals surface area contributed by atoms with Crippen molar-refractivity contribution in [3.05, 3.63) is 35.9 Å². The first-order chi connectivity index (χ1) is 13.4. The van der Waals surface area contributed by atoms with Crippen molar-refractivity contribution >= 4 is 28.7 Å². The fourth-order valence-electron chi connectivity index (χ4n) is 3.36. The fraction of sp³-hybridized carbons (Fsp3) is 0.500. The molecule has 0 saturated carbocycles. The molecule has 0 atom stereocenters. The number of alkyl halides is 2. The Labute approximate surface area is 168 Å². The Kier molecular flexibility index (Phi) is 7.07. The number of para-hydroxylation sites is 2. The molecule has 1 amide bonds. The second-order valence-electron chi connectivity index (χ2n) is 7.27. The molecular weight excluding hydrogens is 382 g/mol. The van der Waals surface area contributed by atoms with Crippen LogP contribution >= 0.6 is 11.8 Å². The van der Waals surface area contributed by atoms with Crippen LogP contribution in [0.25, 0.3) is 11.0 Å². The summed E-state index contributed by atoms with van der Waals surface area (Å²) in [5.41, 5.74) is 2.61. The van der Waals surface area contributed by atoms with Gasteiger partial charge in [-0.15, -0.1) is 0 Å². The van der Waals surface area contributed by atoms with E-state index in [1.54, 1.807) is 22.8 Å². The van der Waals surface area contributed by atoms with Gasteiger partial charge in [0.2, 0.25) is 5.91 Å². The molecule has 28 heavy (non-hydrogen) atoms. The lowest BCUT2D eigenvalue weighted by Crippen LogP contribution is -2.45. The SMILES string of the molecule is CC(C)=CCN1CCC(NC(=O)Cn2c(SC(F)F)nc3ccccc32)CC1. The van der Waals surface area contributed by atoms with Crippen molar-refractivity contribution in [1.82, 2.24) is 19.8 Å². The third-order valence-corrected chi connectivity index (χ3v) is 5.53. The van der Waals surface area contributed by atoms with Gasteiger partial charge in [-0.05, 0) is 50.6 Å². The molecule has 0 unspecified atom stereocenters. The Morgan fingerprint density at radius 1 is 1.32 bits per heavy atom. The summed E-state index contributed by atoms with van der Waals surface area (Å²) in [6, 6.07) is 7.31. The second-order valence-corrected chi connectivity index (χ2v) is 8.23. The minimum atomic E-state index is -2.58. The van der Waals surface area contributed by atoms with Crippen LogP contribution in [0.15, 0.2) is 41.1 Å². The van der Waals surface area contributed by atoms with Gasteiger partial charge in [-0.1, -0.05) is 23.8 Å². The number of hydrogen-bond donors (Lipinski definition) is 1. The first-order valence-corrected chi connectivity index (χ1v) is 10.4. The molecule has 0 aliphatic carbocycles. The minimum Gasteiger partial charge on any atom is -0.352 e. The van der Waals surface area contributed by atoms with Gasteiger partial charge in [0.1, 0.15) is 6.54 Å². The average Bonchev–Trinajstić information content (AvgIpc) is 2.97. The number of thioether (sulfide) groups is 1. The summed E-state index contributed by atoms with van der Waals surface area (Å²) in [7, 11) is 0. The Morgan fingerprint density at radius 2 is 2.04 bits per heavy atom. The van der Waals surface area contributed by atoms with Crippen molar-refractivity contribution in [1.29, 1.82) is 0 Å². The first-order valence-electron chi connectivity index (χ1n) is 9.47. The molecule has 8 heteroatoms. The molecule has 0 spiro atoms. The number of likely N-dealkylation sites (tertiary alicyclic amines) is 1. The van der Waals surface area contributed by atoms with Crippen LogP contribution in [0.2, 0.25) is 0 Å². The number of aromatic nitrogens is 2. The monoisotopic (exact) mass is 408 g/mol. The topological polar surface area (TPSA) is 50.2 Å². The maximum absolute atomic E-state index is 12.9. The van der Waals surface area contributed by atoms with Crippen molar-refractivity contribution in [2.45, 2.75) is 50.2 Å². The number of allylic oxidation sites excluding steroid dienone is 1. The van der Waals surface area contributed by atoms with E-state index < -0.39 is 5.76 Å². The molecular formula is C20H26F2N4OS. The van der Waals surface area contributed by atoms with Gasteiger partial charge >= 0.3 is 0 Å². The van der Waals surface area contributed by atoms with E-state index in [0.717, 1.165) is 32.5 Å². The highest BCUT2D eigenvalue weighted by Gasteiger charge is 2.22. The van der Waals surface area contributed by atoms with Crippen LogP contribution in [0.3, 0.4) is 0 Å². The predicted octanol–water partition coefficient (Wildman–Crippen LogP) is 3.90. The highest BCUT2D eigenvalue weighted by atomic mass is 32.2. The molecule has 152 valence electrons. The van der Waals surface area contributed by atoms with Gasteiger partial charge in [0.05, 0.1) is 11.0 Å². The third-order valence-electron chi connectivity index (χ3n) is 4.83. The van der Waals surface area contributed by atoms with Gasteiger partial charge in [-0.25, -0.2) is 4.98 Å². The number of carbonyl (C=O) groups excluding carboxylic acids is 1. The number of nitrogens with zero attached hydrogens (tertiary/aromatic N) is 3. The van der Waals surface area contributed by atoms with Crippen LogP contribution in [-0.2, 0) is 11.3 Å². The number of fused-ring (bicyclic) bond motifs is 1. The summed E-state index contributed by atoms with van der Waals surface area (Å²) in [4.78, 5) is 19.2. The van der Waals surface area contributed by atoms with Gasteiger partial charge in [-0.3, -0.25) is 9.69 Å². The zero-order valence-corrected chi connectivity index (χ0v) is 17.0. The molecule has 1 aliphatic rings. The molecule has 1 aromatic carbocycles. The Hall–Kier alpha value is -1.93. The van der Waals surface area contributed by atoms with Crippen LogP contribution in [0, 0.1) is 0 Å². The van der Waals surface area contributed by atoms with Crippen LogP contribution in [0.5, 0.6) is 0 Å². The van der Waals surface area contributed by atoms with Gasteiger partial charge in [0.15, 0.2) is 5.16 Å². The quantitative estimate of drug-likeness (QED) is 0.558. The smallest absolute Gasteiger partial charge is 0.291 e. The summed E-state index contributed by atoms with van der Waals surface area (Å²) in [5, 5.41) is 3.23. The summed E-state index contributed by atoms with van der Waals surface area (Å²) >= 11 is 0.373. The molecule has 1 saturated heterocycles. The molecule has 0 radical (unpaired) electrons. The van der Waals surface area contributed by atoms with E-state index in [4.69, 9.17) is 0 Å². The highest BCUT2D eigenvalue weighted by molar-refractivity contribution is 7.99. The second kappa shape index (κ2) is 9.52. The number of hydrogen-bond acceptors (Lipinski definition) is 4. The highest BCUT2D eigenvalue weighted by Crippen LogP contribution is 2.28. The number of imidazole rings is 1. The molecule has 5 nitrogen and oxygen atoms in total. The first kappa shape index (κ1) is 20.8. The van der Waals surface area contributed by atoms with Crippen LogP contribution in [0.4, 0.5) is 8.78 Å². The number of amides is 1. The van der Waals surface area contributed by atoms with Crippen molar-refractivity contribution in [3.8, 4) is 0 Å². The van der Waals surface area contributed by atoms with Gasteiger partial charge < -0.3 is 9.88 Å². The van der Waals surface area contributed by atoms with Gasteiger partial charge in [0.25, 0.3) is 5.76 Å². The Balaban J connectivity index is 1.60. The Morgan fingerprint density at radius 3 is 2.71 bits per heavy atom. The van der Waals surface area contributed by atoms with Crippen LogP contribution < -0.4 is 5.32 Å². The summed E-state index contributed by atoms with van der Waals surface area (Å²) in [5.74, 6) is -2.74. The summed E-state index contributed by atoms with van der Waals surface area (Å²) in [6.07, 6.45) is 4.00. The number of rotatable bonds is 7. The predicted molar refractivity (Wildman–Crippen MR) is 109 cm³/mol. The number of nitrogens with one attached hydrogen (secondary N) is 1. The number of carbonyl (C=O) groups is 1. The van der Waals surface area contributed by atoms with Gasteiger partial charge in [0, 0.05) is 25.7 Å². The lowest BCUT2D eigenvalue weighted by atomic mass is 10.0. The number of piperidine rings is 1. The lowest BCUT2D eigenvalue weighted by molar-refractivity contribution is -0.122. The number of halogens is 2. The third kappa shape index (κ3) is 5.54. The zero-order valence-electron chi connectivity index (χ0n) is 16.2. The maximum atomic E-state index is 12.9. The standard InChI is InChI=1S/C20H26F2N4OS/c1-14(2)7-10-25-11-8-15(9-12-25)23-18(27)13-26-17-6-4-3-5-16(17)24-20(26)28-19(21)22/h3-7,15,19H,8-13H2,1-2H3,(H,23,27). The molecule has 1 aromatic heterocycles. The largest absolute Gasteiger partial charge is 0.352 e. The molecule has 2 heterocycles. The molecule has 2 aromatic rings.